The molecule has 0 spiro atoms. The minimum absolute atomic E-state index is 0.0541. The van der Waals surface area contributed by atoms with Crippen LogP contribution in [0.2, 0.25) is 0 Å². The van der Waals surface area contributed by atoms with E-state index in [1.165, 1.54) is 6.08 Å². The van der Waals surface area contributed by atoms with E-state index in [4.69, 9.17) is 4.74 Å². The predicted molar refractivity (Wildman–Crippen MR) is 104 cm³/mol. The molecular formula is C18H19BrN2O3S. The average Bonchev–Trinajstić information content (AvgIpc) is 3.08. The van der Waals surface area contributed by atoms with E-state index >= 15 is 0 Å². The first-order chi connectivity index (χ1) is 12.1. The molecule has 2 rings (SSSR count). The van der Waals surface area contributed by atoms with E-state index in [1.807, 2.05) is 36.4 Å². The molecule has 132 valence electrons. The van der Waals surface area contributed by atoms with Gasteiger partial charge in [0.1, 0.15) is 0 Å². The summed E-state index contributed by atoms with van der Waals surface area (Å²) in [6, 6.07) is 12.1. The first-order valence-electron chi connectivity index (χ1n) is 7.66. The SMILES string of the molecule is COCCNC(=O)CNC(=O)/C=C/c1ccc(-c2ccc(Br)cc2)s1. The van der Waals surface area contributed by atoms with Crippen molar-refractivity contribution in [3.05, 3.63) is 51.8 Å². The molecule has 0 radical (unpaired) electrons. The molecule has 7 heteroatoms. The van der Waals surface area contributed by atoms with Crippen LogP contribution in [0.25, 0.3) is 16.5 Å². The second kappa shape index (κ2) is 10.1. The van der Waals surface area contributed by atoms with Crippen molar-refractivity contribution >= 4 is 45.2 Å². The van der Waals surface area contributed by atoms with Gasteiger partial charge >= 0.3 is 0 Å². The number of rotatable bonds is 8. The Labute approximate surface area is 159 Å². The molecule has 2 amide bonds. The highest BCUT2D eigenvalue weighted by Gasteiger charge is 2.04. The number of carbonyl (C=O) groups is 2. The van der Waals surface area contributed by atoms with Gasteiger partial charge in [0.15, 0.2) is 0 Å². The van der Waals surface area contributed by atoms with Crippen LogP contribution in [-0.2, 0) is 14.3 Å². The highest BCUT2D eigenvalue weighted by molar-refractivity contribution is 9.10. The second-order valence-electron chi connectivity index (χ2n) is 5.10. The summed E-state index contributed by atoms with van der Waals surface area (Å²) in [5, 5.41) is 5.18. The van der Waals surface area contributed by atoms with E-state index in [-0.39, 0.29) is 18.4 Å². The van der Waals surface area contributed by atoms with E-state index in [0.717, 1.165) is 19.8 Å². The first-order valence-corrected chi connectivity index (χ1v) is 9.27. The Morgan fingerprint density at radius 1 is 1.16 bits per heavy atom. The molecule has 0 aliphatic rings. The van der Waals surface area contributed by atoms with Gasteiger partial charge in [-0.25, -0.2) is 0 Å². The standard InChI is InChI=1S/C18H19BrN2O3S/c1-24-11-10-20-18(23)12-21-17(22)9-7-15-6-8-16(25-15)13-2-4-14(19)5-3-13/h2-9H,10-12H2,1H3,(H,20,23)(H,21,22)/b9-7+. The molecule has 1 aromatic heterocycles. The van der Waals surface area contributed by atoms with E-state index in [9.17, 15) is 9.59 Å². The number of halogens is 1. The summed E-state index contributed by atoms with van der Waals surface area (Å²) in [5.74, 6) is -0.548. The summed E-state index contributed by atoms with van der Waals surface area (Å²) in [7, 11) is 1.56. The van der Waals surface area contributed by atoms with Crippen molar-refractivity contribution in [2.75, 3.05) is 26.8 Å². The fraction of sp³-hybridized carbons (Fsp3) is 0.222. The van der Waals surface area contributed by atoms with Crippen LogP contribution in [0.1, 0.15) is 4.88 Å². The minimum Gasteiger partial charge on any atom is -0.383 e. The molecular weight excluding hydrogens is 404 g/mol. The Balaban J connectivity index is 1.82. The predicted octanol–water partition coefficient (Wildman–Crippen LogP) is 3.07. The van der Waals surface area contributed by atoms with Crippen LogP contribution >= 0.6 is 27.3 Å². The van der Waals surface area contributed by atoms with Crippen molar-refractivity contribution in [1.29, 1.82) is 0 Å². The molecule has 0 fully saturated rings. The Kier molecular flexibility index (Phi) is 7.84. The molecule has 0 aliphatic carbocycles. The topological polar surface area (TPSA) is 67.4 Å². The van der Waals surface area contributed by atoms with E-state index in [0.29, 0.717) is 13.2 Å². The highest BCUT2D eigenvalue weighted by Crippen LogP contribution is 2.29. The van der Waals surface area contributed by atoms with Gasteiger partial charge in [-0.3, -0.25) is 9.59 Å². The molecule has 2 aromatic rings. The molecule has 1 aromatic carbocycles. The van der Waals surface area contributed by atoms with Crippen molar-refractivity contribution in [3.63, 3.8) is 0 Å². The van der Waals surface area contributed by atoms with Crippen LogP contribution in [0.15, 0.2) is 46.9 Å². The number of carbonyl (C=O) groups excluding carboxylic acids is 2. The monoisotopic (exact) mass is 422 g/mol. The summed E-state index contributed by atoms with van der Waals surface area (Å²) in [6.07, 6.45) is 3.17. The number of benzene rings is 1. The summed E-state index contributed by atoms with van der Waals surface area (Å²) in [4.78, 5) is 25.3. The lowest BCUT2D eigenvalue weighted by atomic mass is 10.2. The third-order valence-electron chi connectivity index (χ3n) is 3.21. The van der Waals surface area contributed by atoms with Crippen LogP contribution in [0.5, 0.6) is 0 Å². The molecule has 5 nitrogen and oxygen atoms in total. The summed E-state index contributed by atoms with van der Waals surface area (Å²) < 4.78 is 5.87. The number of hydrogen-bond donors (Lipinski definition) is 2. The molecule has 0 saturated carbocycles. The van der Waals surface area contributed by atoms with Crippen LogP contribution in [0, 0.1) is 0 Å². The minimum atomic E-state index is -0.305. The van der Waals surface area contributed by atoms with Crippen molar-refractivity contribution in [3.8, 4) is 10.4 Å². The fourth-order valence-electron chi connectivity index (χ4n) is 1.95. The smallest absolute Gasteiger partial charge is 0.244 e. The van der Waals surface area contributed by atoms with E-state index in [2.05, 4.69) is 26.6 Å². The molecule has 0 bridgehead atoms. The maximum Gasteiger partial charge on any atom is 0.244 e. The highest BCUT2D eigenvalue weighted by atomic mass is 79.9. The van der Waals surface area contributed by atoms with Gasteiger partial charge in [-0.05, 0) is 35.9 Å². The lowest BCUT2D eigenvalue weighted by Gasteiger charge is -2.04. The Morgan fingerprint density at radius 3 is 2.64 bits per heavy atom. The average molecular weight is 423 g/mol. The van der Waals surface area contributed by atoms with Crippen LogP contribution in [0.4, 0.5) is 0 Å². The molecule has 25 heavy (non-hydrogen) atoms. The number of amides is 2. The molecule has 1 heterocycles. The number of methoxy groups -OCH3 is 1. The fourth-order valence-corrected chi connectivity index (χ4v) is 3.13. The third-order valence-corrected chi connectivity index (χ3v) is 4.83. The third kappa shape index (κ3) is 6.81. The van der Waals surface area contributed by atoms with Gasteiger partial charge in [0, 0.05) is 34.0 Å². The molecule has 0 aliphatic heterocycles. The molecule has 2 N–H and O–H groups in total. The van der Waals surface area contributed by atoms with E-state index < -0.39 is 0 Å². The number of thiophene rings is 1. The zero-order valence-corrected chi connectivity index (χ0v) is 16.2. The van der Waals surface area contributed by atoms with Crippen LogP contribution in [0.3, 0.4) is 0 Å². The first kappa shape index (κ1) is 19.4. The maximum atomic E-state index is 11.8. The van der Waals surface area contributed by atoms with Gasteiger partial charge < -0.3 is 15.4 Å². The normalized spacial score (nSPS) is 10.8. The Hall–Kier alpha value is -1.96. The maximum absolute atomic E-state index is 11.8. The lowest BCUT2D eigenvalue weighted by Crippen LogP contribution is -2.37. The van der Waals surface area contributed by atoms with Gasteiger partial charge in [-0.15, -0.1) is 11.3 Å². The molecule has 0 atom stereocenters. The van der Waals surface area contributed by atoms with Gasteiger partial charge in [0.25, 0.3) is 0 Å². The van der Waals surface area contributed by atoms with Crippen LogP contribution < -0.4 is 10.6 Å². The van der Waals surface area contributed by atoms with Crippen molar-refractivity contribution in [1.82, 2.24) is 10.6 Å². The van der Waals surface area contributed by atoms with Crippen LogP contribution in [-0.4, -0.2) is 38.6 Å². The van der Waals surface area contributed by atoms with Crippen molar-refractivity contribution in [2.24, 2.45) is 0 Å². The zero-order chi connectivity index (χ0) is 18.1. The number of nitrogens with one attached hydrogen (secondary N) is 2. The number of ether oxygens (including phenoxy) is 1. The summed E-state index contributed by atoms with van der Waals surface area (Å²) in [5.41, 5.74) is 1.13. The van der Waals surface area contributed by atoms with Gasteiger partial charge in [0.2, 0.25) is 11.8 Å². The Bertz CT molecular complexity index is 741. The second-order valence-corrected chi connectivity index (χ2v) is 7.13. The van der Waals surface area contributed by atoms with Gasteiger partial charge in [-0.2, -0.15) is 0 Å². The summed E-state index contributed by atoms with van der Waals surface area (Å²) in [6.45, 7) is 0.815. The quantitative estimate of drug-likeness (QED) is 0.507. The summed E-state index contributed by atoms with van der Waals surface area (Å²) >= 11 is 5.02. The Morgan fingerprint density at radius 2 is 1.92 bits per heavy atom. The molecule has 0 saturated heterocycles. The lowest BCUT2D eigenvalue weighted by molar-refractivity contribution is -0.124. The van der Waals surface area contributed by atoms with Gasteiger partial charge in [0.05, 0.1) is 13.2 Å². The molecule has 0 unspecified atom stereocenters. The van der Waals surface area contributed by atoms with Gasteiger partial charge in [-0.1, -0.05) is 28.1 Å². The van der Waals surface area contributed by atoms with Crippen molar-refractivity contribution < 1.29 is 14.3 Å². The number of hydrogen-bond acceptors (Lipinski definition) is 4. The van der Waals surface area contributed by atoms with Crippen molar-refractivity contribution in [2.45, 2.75) is 0 Å². The largest absolute Gasteiger partial charge is 0.383 e. The van der Waals surface area contributed by atoms with E-state index in [1.54, 1.807) is 24.5 Å². The zero-order valence-electron chi connectivity index (χ0n) is 13.8.